The van der Waals surface area contributed by atoms with Crippen LogP contribution in [0.4, 0.5) is 5.69 Å². The van der Waals surface area contributed by atoms with Crippen molar-refractivity contribution < 1.29 is 4.79 Å². The standard InChI is InChI=1S/C21H18N6O/c28-21(18-10-7-13-20(14-18)27-16-22-24-25-27)23-26(19-11-5-2-6-12-19)15-17-8-3-1-4-9-17/h1-14,16H,15H2,(H,23,28). The van der Waals surface area contributed by atoms with Crippen molar-refractivity contribution in [1.82, 2.24) is 25.6 Å². The summed E-state index contributed by atoms with van der Waals surface area (Å²) < 4.78 is 1.51. The van der Waals surface area contributed by atoms with Crippen LogP contribution < -0.4 is 10.4 Å². The lowest BCUT2D eigenvalue weighted by Gasteiger charge is -2.25. The summed E-state index contributed by atoms with van der Waals surface area (Å²) in [6, 6.07) is 26.9. The molecule has 1 heterocycles. The lowest BCUT2D eigenvalue weighted by molar-refractivity contribution is 0.0948. The predicted molar refractivity (Wildman–Crippen MR) is 106 cm³/mol. The number of hydrogen-bond acceptors (Lipinski definition) is 5. The van der Waals surface area contributed by atoms with E-state index in [1.54, 1.807) is 18.2 Å². The molecule has 0 saturated heterocycles. The van der Waals surface area contributed by atoms with Gasteiger partial charge >= 0.3 is 0 Å². The Hall–Kier alpha value is -4.00. The predicted octanol–water partition coefficient (Wildman–Crippen LogP) is 3.01. The molecule has 0 fully saturated rings. The number of benzene rings is 3. The van der Waals surface area contributed by atoms with Crippen LogP contribution in [0, 0.1) is 0 Å². The summed E-state index contributed by atoms with van der Waals surface area (Å²) in [6.45, 7) is 0.545. The van der Waals surface area contributed by atoms with Crippen molar-refractivity contribution in [3.8, 4) is 5.69 Å². The van der Waals surface area contributed by atoms with E-state index in [0.29, 0.717) is 17.8 Å². The van der Waals surface area contributed by atoms with Gasteiger partial charge in [0.1, 0.15) is 6.33 Å². The fourth-order valence-electron chi connectivity index (χ4n) is 2.83. The molecule has 0 spiro atoms. The highest BCUT2D eigenvalue weighted by molar-refractivity contribution is 5.95. The number of carbonyl (C=O) groups is 1. The molecule has 0 atom stereocenters. The number of carbonyl (C=O) groups excluding carboxylic acids is 1. The Bertz CT molecular complexity index is 1030. The van der Waals surface area contributed by atoms with E-state index in [4.69, 9.17) is 0 Å². The first-order valence-electron chi connectivity index (χ1n) is 8.80. The van der Waals surface area contributed by atoms with Crippen molar-refractivity contribution in [3.63, 3.8) is 0 Å². The zero-order valence-electron chi connectivity index (χ0n) is 15.0. The second-order valence-corrected chi connectivity index (χ2v) is 6.15. The zero-order valence-corrected chi connectivity index (χ0v) is 15.0. The Morgan fingerprint density at radius 2 is 1.68 bits per heavy atom. The number of rotatable bonds is 6. The van der Waals surface area contributed by atoms with Gasteiger partial charge in [-0.05, 0) is 46.3 Å². The van der Waals surface area contributed by atoms with Gasteiger partial charge < -0.3 is 0 Å². The molecule has 3 aromatic carbocycles. The van der Waals surface area contributed by atoms with Crippen molar-refractivity contribution in [2.24, 2.45) is 0 Å². The van der Waals surface area contributed by atoms with Crippen molar-refractivity contribution in [1.29, 1.82) is 0 Å². The van der Waals surface area contributed by atoms with Crippen LogP contribution in [0.15, 0.2) is 91.3 Å². The molecular weight excluding hydrogens is 352 g/mol. The highest BCUT2D eigenvalue weighted by Crippen LogP contribution is 2.16. The van der Waals surface area contributed by atoms with Gasteiger partial charge in [-0.3, -0.25) is 15.2 Å². The van der Waals surface area contributed by atoms with E-state index in [9.17, 15) is 4.79 Å². The van der Waals surface area contributed by atoms with E-state index in [1.165, 1.54) is 11.0 Å². The van der Waals surface area contributed by atoms with E-state index in [1.807, 2.05) is 71.7 Å². The van der Waals surface area contributed by atoms with Gasteiger partial charge in [0.15, 0.2) is 0 Å². The van der Waals surface area contributed by atoms with Crippen LogP contribution in [-0.2, 0) is 6.54 Å². The van der Waals surface area contributed by atoms with Crippen LogP contribution in [0.3, 0.4) is 0 Å². The summed E-state index contributed by atoms with van der Waals surface area (Å²) in [4.78, 5) is 12.9. The largest absolute Gasteiger partial charge is 0.281 e. The summed E-state index contributed by atoms with van der Waals surface area (Å²) in [6.07, 6.45) is 1.49. The van der Waals surface area contributed by atoms with Crippen LogP contribution in [0.25, 0.3) is 5.69 Å². The molecule has 0 bridgehead atoms. The van der Waals surface area contributed by atoms with E-state index in [0.717, 1.165) is 11.3 Å². The third-order valence-electron chi connectivity index (χ3n) is 4.21. The number of hydrazine groups is 1. The number of anilines is 1. The van der Waals surface area contributed by atoms with Crippen molar-refractivity contribution in [2.75, 3.05) is 5.01 Å². The molecule has 138 valence electrons. The first kappa shape index (κ1) is 17.4. The van der Waals surface area contributed by atoms with Gasteiger partial charge in [-0.25, -0.2) is 4.68 Å². The topological polar surface area (TPSA) is 75.9 Å². The highest BCUT2D eigenvalue weighted by atomic mass is 16.2. The average Bonchev–Trinajstić information content (AvgIpc) is 3.30. The number of amides is 1. The maximum atomic E-state index is 12.9. The quantitative estimate of drug-likeness (QED) is 0.528. The lowest BCUT2D eigenvalue weighted by atomic mass is 10.2. The maximum Gasteiger partial charge on any atom is 0.269 e. The maximum absolute atomic E-state index is 12.9. The summed E-state index contributed by atoms with van der Waals surface area (Å²) in [5.74, 6) is -0.213. The molecule has 1 aromatic heterocycles. The number of nitrogens with zero attached hydrogens (tertiary/aromatic N) is 5. The van der Waals surface area contributed by atoms with Crippen molar-refractivity contribution in [3.05, 3.63) is 102 Å². The number of tetrazole rings is 1. The summed E-state index contributed by atoms with van der Waals surface area (Å²) in [7, 11) is 0. The van der Waals surface area contributed by atoms with E-state index in [-0.39, 0.29) is 5.91 Å². The fourth-order valence-corrected chi connectivity index (χ4v) is 2.83. The van der Waals surface area contributed by atoms with Gasteiger partial charge in [-0.2, -0.15) is 0 Å². The molecule has 1 N–H and O–H groups in total. The molecule has 0 aliphatic heterocycles. The SMILES string of the molecule is O=C(NN(Cc1ccccc1)c1ccccc1)c1cccc(-n2cnnn2)c1. The molecule has 7 nitrogen and oxygen atoms in total. The zero-order chi connectivity index (χ0) is 19.2. The van der Waals surface area contributed by atoms with Gasteiger partial charge in [0.05, 0.1) is 17.9 Å². The molecule has 0 aliphatic rings. The second kappa shape index (κ2) is 8.13. The molecule has 0 radical (unpaired) electrons. The number of aromatic nitrogens is 4. The van der Waals surface area contributed by atoms with Crippen LogP contribution >= 0.6 is 0 Å². The normalized spacial score (nSPS) is 10.4. The number of hydrogen-bond donors (Lipinski definition) is 1. The van der Waals surface area contributed by atoms with Gasteiger partial charge in [0, 0.05) is 5.56 Å². The van der Waals surface area contributed by atoms with Crippen LogP contribution in [-0.4, -0.2) is 26.1 Å². The molecule has 4 rings (SSSR count). The van der Waals surface area contributed by atoms with Crippen LogP contribution in [0.1, 0.15) is 15.9 Å². The molecule has 28 heavy (non-hydrogen) atoms. The number of para-hydroxylation sites is 1. The number of nitrogens with one attached hydrogen (secondary N) is 1. The summed E-state index contributed by atoms with van der Waals surface area (Å²) >= 11 is 0. The minimum atomic E-state index is -0.213. The van der Waals surface area contributed by atoms with Crippen LogP contribution in [0.5, 0.6) is 0 Å². The Balaban J connectivity index is 1.58. The average molecular weight is 370 g/mol. The third-order valence-corrected chi connectivity index (χ3v) is 4.21. The first-order chi connectivity index (χ1) is 13.8. The van der Waals surface area contributed by atoms with Gasteiger partial charge in [0.2, 0.25) is 0 Å². The first-order valence-corrected chi connectivity index (χ1v) is 8.80. The Kier molecular flexibility index (Phi) is 5.06. The minimum Gasteiger partial charge on any atom is -0.281 e. The van der Waals surface area contributed by atoms with Gasteiger partial charge in [-0.15, -0.1) is 5.10 Å². The smallest absolute Gasteiger partial charge is 0.269 e. The van der Waals surface area contributed by atoms with Crippen molar-refractivity contribution in [2.45, 2.75) is 6.54 Å². The Labute approximate surface area is 162 Å². The highest BCUT2D eigenvalue weighted by Gasteiger charge is 2.13. The monoisotopic (exact) mass is 370 g/mol. The Morgan fingerprint density at radius 3 is 2.39 bits per heavy atom. The van der Waals surface area contributed by atoms with E-state index < -0.39 is 0 Å². The summed E-state index contributed by atoms with van der Waals surface area (Å²) in [5.41, 5.74) is 6.23. The molecule has 4 aromatic rings. The lowest BCUT2D eigenvalue weighted by Crippen LogP contribution is -2.42. The second-order valence-electron chi connectivity index (χ2n) is 6.15. The van der Waals surface area contributed by atoms with Crippen molar-refractivity contribution >= 4 is 11.6 Å². The van der Waals surface area contributed by atoms with E-state index in [2.05, 4.69) is 21.0 Å². The molecular formula is C21H18N6O. The Morgan fingerprint density at radius 1 is 0.929 bits per heavy atom. The fraction of sp³-hybridized carbons (Fsp3) is 0.0476. The molecule has 7 heteroatoms. The molecule has 1 amide bonds. The minimum absolute atomic E-state index is 0.213. The van der Waals surface area contributed by atoms with Gasteiger partial charge in [-0.1, -0.05) is 54.6 Å². The van der Waals surface area contributed by atoms with Crippen LogP contribution in [0.2, 0.25) is 0 Å². The molecule has 0 unspecified atom stereocenters. The third kappa shape index (κ3) is 4.04. The molecule has 0 aliphatic carbocycles. The molecule has 0 saturated carbocycles. The van der Waals surface area contributed by atoms with Gasteiger partial charge in [0.25, 0.3) is 5.91 Å². The van der Waals surface area contributed by atoms with E-state index >= 15 is 0 Å². The summed E-state index contributed by atoms with van der Waals surface area (Å²) in [5, 5.41) is 13.0.